The van der Waals surface area contributed by atoms with E-state index in [4.69, 9.17) is 10.5 Å². The molecule has 174 valence electrons. The van der Waals surface area contributed by atoms with E-state index < -0.39 is 11.9 Å². The lowest BCUT2D eigenvalue weighted by Gasteiger charge is -2.34. The summed E-state index contributed by atoms with van der Waals surface area (Å²) >= 11 is 0. The van der Waals surface area contributed by atoms with E-state index in [-0.39, 0.29) is 11.2 Å². The standard InChI is InChI=1S/C27H27FN4O2/c1-27(2)13-21-23(22(33)14-27)24(31-20-10-11-30-26(29)25(20)32-21)18-9-8-17(12-19(18)28)34-15-16-6-4-3-5-7-16/h3-12,24,31-32H,13-15H2,1-2H3,(H2,29,30). The van der Waals surface area contributed by atoms with Gasteiger partial charge in [0.1, 0.15) is 29.7 Å². The number of nitrogens with zero attached hydrogens (tertiary/aromatic N) is 1. The molecule has 4 N–H and O–H groups in total. The summed E-state index contributed by atoms with van der Waals surface area (Å²) in [7, 11) is 0. The van der Waals surface area contributed by atoms with Crippen LogP contribution in [0.15, 0.2) is 72.1 Å². The number of nitrogens with one attached hydrogen (secondary N) is 2. The van der Waals surface area contributed by atoms with Crippen LogP contribution in [0.4, 0.5) is 21.6 Å². The summed E-state index contributed by atoms with van der Waals surface area (Å²) in [4.78, 5) is 17.5. The fourth-order valence-electron chi connectivity index (χ4n) is 4.70. The van der Waals surface area contributed by atoms with Gasteiger partial charge in [-0.25, -0.2) is 9.37 Å². The van der Waals surface area contributed by atoms with Crippen LogP contribution in [0.2, 0.25) is 0 Å². The lowest BCUT2D eigenvalue weighted by atomic mass is 9.73. The number of ketones is 1. The van der Waals surface area contributed by atoms with Gasteiger partial charge in [-0.2, -0.15) is 0 Å². The molecule has 0 saturated carbocycles. The first-order valence-electron chi connectivity index (χ1n) is 11.3. The molecule has 1 unspecified atom stereocenters. The van der Waals surface area contributed by atoms with Crippen LogP contribution in [-0.2, 0) is 11.4 Å². The molecule has 0 spiro atoms. The van der Waals surface area contributed by atoms with Crippen LogP contribution in [0.25, 0.3) is 0 Å². The number of hydrogen-bond acceptors (Lipinski definition) is 6. The van der Waals surface area contributed by atoms with Crippen molar-refractivity contribution >= 4 is 23.0 Å². The van der Waals surface area contributed by atoms with E-state index in [2.05, 4.69) is 29.5 Å². The quantitative estimate of drug-likeness (QED) is 0.471. The van der Waals surface area contributed by atoms with E-state index in [9.17, 15) is 4.79 Å². The molecule has 1 atom stereocenters. The smallest absolute Gasteiger partial charge is 0.163 e. The molecule has 34 heavy (non-hydrogen) atoms. The molecule has 0 fully saturated rings. The molecular formula is C27H27FN4O2. The molecule has 0 amide bonds. The fraction of sp³-hybridized carbons (Fsp3) is 0.259. The molecule has 6 nitrogen and oxygen atoms in total. The Balaban J connectivity index is 1.52. The highest BCUT2D eigenvalue weighted by Crippen LogP contribution is 2.46. The maximum Gasteiger partial charge on any atom is 0.163 e. The van der Waals surface area contributed by atoms with Gasteiger partial charge in [0.05, 0.1) is 11.7 Å². The number of ether oxygens (including phenoxy) is 1. The number of Topliss-reactive ketones (excluding diaryl/α,β-unsaturated/α-hetero) is 1. The van der Waals surface area contributed by atoms with E-state index in [1.165, 1.54) is 6.07 Å². The van der Waals surface area contributed by atoms with Crippen LogP contribution in [0.1, 0.15) is 43.9 Å². The lowest BCUT2D eigenvalue weighted by molar-refractivity contribution is -0.118. The number of benzene rings is 2. The van der Waals surface area contributed by atoms with Crippen LogP contribution >= 0.6 is 0 Å². The van der Waals surface area contributed by atoms with E-state index in [1.807, 2.05) is 30.3 Å². The number of anilines is 3. The minimum atomic E-state index is -0.669. The number of hydrogen-bond donors (Lipinski definition) is 3. The minimum Gasteiger partial charge on any atom is -0.489 e. The summed E-state index contributed by atoms with van der Waals surface area (Å²) < 4.78 is 21.3. The molecular weight excluding hydrogens is 431 g/mol. The normalized spacial score (nSPS) is 18.8. The van der Waals surface area contributed by atoms with Crippen LogP contribution in [0.3, 0.4) is 0 Å². The number of pyridine rings is 1. The number of nitrogen functional groups attached to an aromatic ring is 1. The Morgan fingerprint density at radius 3 is 2.71 bits per heavy atom. The summed E-state index contributed by atoms with van der Waals surface area (Å²) in [6.07, 6.45) is 2.61. The number of rotatable bonds is 4. The second kappa shape index (κ2) is 8.48. The predicted molar refractivity (Wildman–Crippen MR) is 131 cm³/mol. The van der Waals surface area contributed by atoms with Crippen molar-refractivity contribution in [3.05, 3.63) is 89.0 Å². The van der Waals surface area contributed by atoms with Crippen molar-refractivity contribution in [2.24, 2.45) is 5.41 Å². The molecule has 2 aromatic carbocycles. The van der Waals surface area contributed by atoms with Gasteiger partial charge >= 0.3 is 0 Å². The Bertz CT molecular complexity index is 1290. The lowest BCUT2D eigenvalue weighted by Crippen LogP contribution is -2.31. The minimum absolute atomic E-state index is 0.0145. The Morgan fingerprint density at radius 2 is 1.94 bits per heavy atom. The first-order valence-corrected chi connectivity index (χ1v) is 11.3. The molecule has 7 heteroatoms. The monoisotopic (exact) mass is 458 g/mol. The topological polar surface area (TPSA) is 89.3 Å². The number of carbonyl (C=O) groups excluding carboxylic acids is 1. The maximum atomic E-state index is 15.5. The van der Waals surface area contributed by atoms with Gasteiger partial charge in [0.25, 0.3) is 0 Å². The molecule has 1 aliphatic heterocycles. The van der Waals surface area contributed by atoms with Gasteiger partial charge in [-0.05, 0) is 35.6 Å². The van der Waals surface area contributed by atoms with Crippen LogP contribution in [-0.4, -0.2) is 10.8 Å². The van der Waals surface area contributed by atoms with E-state index >= 15 is 4.39 Å². The summed E-state index contributed by atoms with van der Waals surface area (Å²) in [5, 5.41) is 6.70. The molecule has 2 aliphatic rings. The zero-order valence-corrected chi connectivity index (χ0v) is 19.2. The Hall–Kier alpha value is -3.87. The molecule has 0 radical (unpaired) electrons. The summed E-state index contributed by atoms with van der Waals surface area (Å²) in [5.41, 5.74) is 9.84. The molecule has 0 bridgehead atoms. The number of nitrogens with two attached hydrogens (primary N) is 1. The fourth-order valence-corrected chi connectivity index (χ4v) is 4.70. The Morgan fingerprint density at radius 1 is 1.15 bits per heavy atom. The maximum absolute atomic E-state index is 15.5. The zero-order chi connectivity index (χ0) is 23.9. The van der Waals surface area contributed by atoms with E-state index in [0.717, 1.165) is 11.3 Å². The molecule has 1 aromatic heterocycles. The third kappa shape index (κ3) is 4.21. The summed E-state index contributed by atoms with van der Waals surface area (Å²) in [6.45, 7) is 4.45. The van der Waals surface area contributed by atoms with Crippen molar-refractivity contribution < 1.29 is 13.9 Å². The molecule has 0 saturated heterocycles. The SMILES string of the molecule is CC1(C)CC(=O)C2=C(C1)Nc1c(ccnc1N)NC2c1ccc(OCc2ccccc2)cc1F. The number of fused-ring (bicyclic) bond motifs is 1. The molecule has 5 rings (SSSR count). The predicted octanol–water partition coefficient (Wildman–Crippen LogP) is 5.60. The molecule has 2 heterocycles. The molecule has 1 aliphatic carbocycles. The number of carbonyl (C=O) groups is 1. The van der Waals surface area contributed by atoms with Crippen molar-refractivity contribution in [3.8, 4) is 5.75 Å². The van der Waals surface area contributed by atoms with Crippen molar-refractivity contribution in [2.75, 3.05) is 16.4 Å². The Kier molecular flexibility index (Phi) is 5.48. The van der Waals surface area contributed by atoms with Crippen LogP contribution < -0.4 is 21.1 Å². The van der Waals surface area contributed by atoms with Crippen molar-refractivity contribution in [1.29, 1.82) is 0 Å². The van der Waals surface area contributed by atoms with Gasteiger partial charge in [-0.1, -0.05) is 44.2 Å². The van der Waals surface area contributed by atoms with Gasteiger partial charge in [-0.15, -0.1) is 0 Å². The van der Waals surface area contributed by atoms with E-state index in [0.29, 0.717) is 53.5 Å². The summed E-state index contributed by atoms with van der Waals surface area (Å²) in [5.74, 6) is 0.284. The second-order valence-electron chi connectivity index (χ2n) is 9.61. The average Bonchev–Trinajstić information content (AvgIpc) is 2.95. The number of allylic oxidation sites excluding steroid dienone is 1. The third-order valence-corrected chi connectivity index (χ3v) is 6.30. The largest absolute Gasteiger partial charge is 0.489 e. The van der Waals surface area contributed by atoms with Crippen LogP contribution in [0.5, 0.6) is 5.75 Å². The van der Waals surface area contributed by atoms with Crippen molar-refractivity contribution in [1.82, 2.24) is 4.98 Å². The van der Waals surface area contributed by atoms with Crippen molar-refractivity contribution in [3.63, 3.8) is 0 Å². The highest BCUT2D eigenvalue weighted by atomic mass is 19.1. The van der Waals surface area contributed by atoms with Gasteiger partial charge in [-0.3, -0.25) is 4.79 Å². The van der Waals surface area contributed by atoms with E-state index in [1.54, 1.807) is 24.4 Å². The second-order valence-corrected chi connectivity index (χ2v) is 9.61. The average molecular weight is 459 g/mol. The summed E-state index contributed by atoms with van der Waals surface area (Å²) in [6, 6.07) is 15.6. The van der Waals surface area contributed by atoms with Crippen molar-refractivity contribution in [2.45, 2.75) is 39.3 Å². The number of halogens is 1. The first kappa shape index (κ1) is 21.9. The highest BCUT2D eigenvalue weighted by molar-refractivity contribution is 6.01. The first-order chi connectivity index (χ1) is 16.3. The van der Waals surface area contributed by atoms with Crippen LogP contribution in [0, 0.1) is 11.2 Å². The third-order valence-electron chi connectivity index (χ3n) is 6.30. The van der Waals surface area contributed by atoms with Gasteiger partial charge in [0.15, 0.2) is 5.78 Å². The number of aromatic nitrogens is 1. The van der Waals surface area contributed by atoms with Gasteiger partial charge < -0.3 is 21.1 Å². The Labute approximate surface area is 198 Å². The highest BCUT2D eigenvalue weighted by Gasteiger charge is 2.39. The molecule has 3 aromatic rings. The van der Waals surface area contributed by atoms with Gasteiger partial charge in [0, 0.05) is 35.5 Å². The zero-order valence-electron chi connectivity index (χ0n) is 19.2. The van der Waals surface area contributed by atoms with Gasteiger partial charge in [0.2, 0.25) is 0 Å².